The van der Waals surface area contributed by atoms with E-state index in [4.69, 9.17) is 5.11 Å². The van der Waals surface area contributed by atoms with Crippen LogP contribution in [0.5, 0.6) is 0 Å². The molecule has 0 spiro atoms. The normalized spacial score (nSPS) is 11.8. The predicted molar refractivity (Wildman–Crippen MR) is 29.6 cm³/mol. The van der Waals surface area contributed by atoms with Gasteiger partial charge in [-0.1, -0.05) is 0 Å². The first-order valence-corrected chi connectivity index (χ1v) is 1.77. The summed E-state index contributed by atoms with van der Waals surface area (Å²) >= 11 is 0. The molecule has 0 aromatic carbocycles. The van der Waals surface area contributed by atoms with Gasteiger partial charge in [0.2, 0.25) is 0 Å². The standard InChI is InChI=1S/C3H7NO3.ClH/c1-2(7-4)3(5)6;/h2H,4H2,1H3,(H,5,6);1H. The SMILES string of the molecule is CC(ON)C(=O)O.Cl. The Kier molecular flexibility index (Phi) is 6.41. The van der Waals surface area contributed by atoms with Crippen molar-refractivity contribution in [3.8, 4) is 0 Å². The van der Waals surface area contributed by atoms with Crippen molar-refractivity contribution < 1.29 is 14.7 Å². The molecule has 0 heterocycles. The minimum absolute atomic E-state index is 0. The molecule has 0 saturated heterocycles. The summed E-state index contributed by atoms with van der Waals surface area (Å²) in [5, 5.41) is 7.98. The van der Waals surface area contributed by atoms with Crippen molar-refractivity contribution >= 4 is 18.4 Å². The lowest BCUT2D eigenvalue weighted by molar-refractivity contribution is -0.149. The van der Waals surface area contributed by atoms with E-state index in [1.54, 1.807) is 0 Å². The lowest BCUT2D eigenvalue weighted by Crippen LogP contribution is -2.22. The molecular weight excluding hydrogens is 133 g/mol. The van der Waals surface area contributed by atoms with Crippen molar-refractivity contribution in [3.63, 3.8) is 0 Å². The van der Waals surface area contributed by atoms with Gasteiger partial charge >= 0.3 is 5.97 Å². The molecule has 0 fully saturated rings. The Morgan fingerprint density at radius 1 is 1.88 bits per heavy atom. The zero-order valence-corrected chi connectivity index (χ0v) is 5.14. The van der Waals surface area contributed by atoms with Gasteiger partial charge in [-0.2, -0.15) is 0 Å². The van der Waals surface area contributed by atoms with Crippen LogP contribution < -0.4 is 5.90 Å². The Balaban J connectivity index is 0. The third kappa shape index (κ3) is 3.86. The molecule has 8 heavy (non-hydrogen) atoms. The molecular formula is C3H8ClNO3. The minimum atomic E-state index is -1.05. The van der Waals surface area contributed by atoms with Crippen LogP contribution >= 0.6 is 12.4 Å². The van der Waals surface area contributed by atoms with Crippen LogP contribution in [0, 0.1) is 0 Å². The molecule has 0 rings (SSSR count). The van der Waals surface area contributed by atoms with E-state index in [0.717, 1.165) is 0 Å². The minimum Gasteiger partial charge on any atom is -0.479 e. The molecule has 0 aliphatic carbocycles. The monoisotopic (exact) mass is 141 g/mol. The first-order chi connectivity index (χ1) is 3.18. The van der Waals surface area contributed by atoms with Crippen molar-refractivity contribution in [2.45, 2.75) is 13.0 Å². The zero-order chi connectivity index (χ0) is 5.86. The van der Waals surface area contributed by atoms with E-state index in [-0.39, 0.29) is 12.4 Å². The van der Waals surface area contributed by atoms with Crippen molar-refractivity contribution in [1.29, 1.82) is 0 Å². The van der Waals surface area contributed by atoms with Crippen LogP contribution in [0.4, 0.5) is 0 Å². The highest BCUT2D eigenvalue weighted by Crippen LogP contribution is 1.80. The van der Waals surface area contributed by atoms with Gasteiger partial charge < -0.3 is 5.11 Å². The molecule has 0 amide bonds. The van der Waals surface area contributed by atoms with Crippen LogP contribution in [0.2, 0.25) is 0 Å². The van der Waals surface area contributed by atoms with E-state index >= 15 is 0 Å². The van der Waals surface area contributed by atoms with E-state index in [9.17, 15) is 4.79 Å². The van der Waals surface area contributed by atoms with E-state index < -0.39 is 12.1 Å². The summed E-state index contributed by atoms with van der Waals surface area (Å²) in [6, 6.07) is 0. The van der Waals surface area contributed by atoms with Crippen molar-refractivity contribution in [3.05, 3.63) is 0 Å². The fourth-order valence-corrected chi connectivity index (χ4v) is 0.0582. The summed E-state index contributed by atoms with van der Waals surface area (Å²) in [6.45, 7) is 1.35. The van der Waals surface area contributed by atoms with Gasteiger partial charge in [0, 0.05) is 0 Å². The van der Waals surface area contributed by atoms with Crippen LogP contribution in [0.25, 0.3) is 0 Å². The van der Waals surface area contributed by atoms with Crippen LogP contribution in [0.3, 0.4) is 0 Å². The second kappa shape index (κ2) is 4.83. The number of halogens is 1. The number of nitrogens with two attached hydrogens (primary N) is 1. The molecule has 0 aliphatic heterocycles. The molecule has 0 radical (unpaired) electrons. The molecule has 1 unspecified atom stereocenters. The Bertz CT molecular complexity index is 76.9. The quantitative estimate of drug-likeness (QED) is 0.521. The third-order valence-electron chi connectivity index (χ3n) is 0.552. The highest BCUT2D eigenvalue weighted by molar-refractivity contribution is 5.85. The van der Waals surface area contributed by atoms with Crippen LogP contribution in [0.1, 0.15) is 6.92 Å². The summed E-state index contributed by atoms with van der Waals surface area (Å²) in [4.78, 5) is 13.6. The summed E-state index contributed by atoms with van der Waals surface area (Å²) in [5.74, 6) is 3.44. The average molecular weight is 142 g/mol. The maximum atomic E-state index is 9.73. The molecule has 0 saturated carbocycles. The van der Waals surface area contributed by atoms with Crippen molar-refractivity contribution in [2.75, 3.05) is 0 Å². The highest BCUT2D eigenvalue weighted by Gasteiger charge is 2.07. The largest absolute Gasteiger partial charge is 0.479 e. The fraction of sp³-hybridized carbons (Fsp3) is 0.667. The summed E-state index contributed by atoms with van der Waals surface area (Å²) in [7, 11) is 0. The van der Waals surface area contributed by atoms with E-state index in [1.165, 1.54) is 6.92 Å². The maximum absolute atomic E-state index is 9.73. The molecule has 1 atom stereocenters. The Labute approximate surface area is 53.0 Å². The molecule has 0 aromatic rings. The molecule has 0 aromatic heterocycles. The zero-order valence-electron chi connectivity index (χ0n) is 4.33. The summed E-state index contributed by atoms with van der Waals surface area (Å²) in [6.07, 6.45) is -0.903. The third-order valence-corrected chi connectivity index (χ3v) is 0.552. The summed E-state index contributed by atoms with van der Waals surface area (Å²) in [5.41, 5.74) is 0. The number of carboxylic acid groups (broad SMARTS) is 1. The molecule has 50 valence electrons. The van der Waals surface area contributed by atoms with Gasteiger partial charge in [0.15, 0.2) is 6.10 Å². The van der Waals surface area contributed by atoms with Gasteiger partial charge in [-0.05, 0) is 6.92 Å². The summed E-state index contributed by atoms with van der Waals surface area (Å²) < 4.78 is 0. The second-order valence-electron chi connectivity index (χ2n) is 1.12. The highest BCUT2D eigenvalue weighted by atomic mass is 35.5. The molecule has 4 nitrogen and oxygen atoms in total. The number of carbonyl (C=O) groups is 1. The van der Waals surface area contributed by atoms with Crippen molar-refractivity contribution in [2.24, 2.45) is 5.90 Å². The lowest BCUT2D eigenvalue weighted by Gasteiger charge is -1.97. The topological polar surface area (TPSA) is 72.5 Å². The van der Waals surface area contributed by atoms with Gasteiger partial charge in [0.1, 0.15) is 0 Å². The first-order valence-electron chi connectivity index (χ1n) is 1.77. The van der Waals surface area contributed by atoms with Gasteiger partial charge in [-0.15, -0.1) is 12.4 Å². The Morgan fingerprint density at radius 2 is 2.25 bits per heavy atom. The van der Waals surface area contributed by atoms with Crippen molar-refractivity contribution in [1.82, 2.24) is 0 Å². The maximum Gasteiger partial charge on any atom is 0.334 e. The number of aliphatic carboxylic acids is 1. The Morgan fingerprint density at radius 3 is 2.25 bits per heavy atom. The smallest absolute Gasteiger partial charge is 0.334 e. The van der Waals surface area contributed by atoms with Crippen LogP contribution in [0.15, 0.2) is 0 Å². The molecule has 3 N–H and O–H groups in total. The lowest BCUT2D eigenvalue weighted by atomic mass is 10.4. The van der Waals surface area contributed by atoms with Gasteiger partial charge in [-0.3, -0.25) is 4.84 Å². The van der Waals surface area contributed by atoms with Gasteiger partial charge in [0.25, 0.3) is 0 Å². The number of carboxylic acids is 1. The van der Waals surface area contributed by atoms with Gasteiger partial charge in [-0.25, -0.2) is 10.7 Å². The average Bonchev–Trinajstić information content (AvgIpc) is 1.65. The molecule has 0 aliphatic rings. The fourth-order valence-electron chi connectivity index (χ4n) is 0.0582. The van der Waals surface area contributed by atoms with E-state index in [1.807, 2.05) is 0 Å². The second-order valence-corrected chi connectivity index (χ2v) is 1.12. The van der Waals surface area contributed by atoms with Crippen LogP contribution in [-0.2, 0) is 9.63 Å². The van der Waals surface area contributed by atoms with E-state index in [0.29, 0.717) is 0 Å². The van der Waals surface area contributed by atoms with E-state index in [2.05, 4.69) is 10.7 Å². The number of hydrogen-bond donors (Lipinski definition) is 2. The predicted octanol–water partition coefficient (Wildman–Crippen LogP) is -0.228. The van der Waals surface area contributed by atoms with Crippen LogP contribution in [-0.4, -0.2) is 17.2 Å². The molecule has 5 heteroatoms. The number of rotatable bonds is 2. The number of hydrogen-bond acceptors (Lipinski definition) is 3. The van der Waals surface area contributed by atoms with Gasteiger partial charge in [0.05, 0.1) is 0 Å². The first kappa shape index (κ1) is 10.6. The molecule has 0 bridgehead atoms. The Hall–Kier alpha value is -0.320.